The lowest BCUT2D eigenvalue weighted by Gasteiger charge is -2.26. The summed E-state index contributed by atoms with van der Waals surface area (Å²) >= 11 is 0. The third-order valence-corrected chi connectivity index (χ3v) is 4.58. The molecule has 1 fully saturated rings. The molecule has 1 aliphatic carbocycles. The van der Waals surface area contributed by atoms with E-state index in [-0.39, 0.29) is 17.9 Å². The summed E-state index contributed by atoms with van der Waals surface area (Å²) in [4.78, 5) is 12.2. The summed E-state index contributed by atoms with van der Waals surface area (Å²) in [6, 6.07) is 5.59. The molecule has 20 heavy (non-hydrogen) atoms. The zero-order chi connectivity index (χ0) is 14.0. The fourth-order valence-electron chi connectivity index (χ4n) is 3.21. The number of aliphatic hydroxyl groups excluding tert-OH is 1. The van der Waals surface area contributed by atoms with E-state index in [4.69, 9.17) is 4.74 Å². The predicted octanol–water partition coefficient (Wildman–Crippen LogP) is 1.90. The zero-order valence-electron chi connectivity index (χ0n) is 11.7. The Bertz CT molecular complexity index is 506. The Morgan fingerprint density at radius 1 is 1.35 bits per heavy atom. The van der Waals surface area contributed by atoms with Crippen molar-refractivity contribution in [2.75, 3.05) is 19.8 Å². The molecule has 0 unspecified atom stereocenters. The minimum atomic E-state index is -0.102. The summed E-state index contributed by atoms with van der Waals surface area (Å²) < 4.78 is 5.44. The van der Waals surface area contributed by atoms with Gasteiger partial charge in [-0.25, -0.2) is 0 Å². The molecule has 1 aliphatic heterocycles. The van der Waals surface area contributed by atoms with Crippen LogP contribution in [0.5, 0.6) is 5.75 Å². The highest BCUT2D eigenvalue weighted by molar-refractivity contribution is 5.94. The summed E-state index contributed by atoms with van der Waals surface area (Å²) in [6.45, 7) is 1.43. The molecule has 1 aromatic rings. The van der Waals surface area contributed by atoms with Crippen molar-refractivity contribution in [2.24, 2.45) is 5.41 Å². The number of nitrogens with one attached hydrogen (secondary N) is 1. The molecule has 1 amide bonds. The van der Waals surface area contributed by atoms with Crippen molar-refractivity contribution in [3.63, 3.8) is 0 Å². The molecule has 0 aromatic heterocycles. The van der Waals surface area contributed by atoms with Gasteiger partial charge in [0.2, 0.25) is 0 Å². The molecule has 1 saturated carbocycles. The zero-order valence-corrected chi connectivity index (χ0v) is 11.7. The predicted molar refractivity (Wildman–Crippen MR) is 76.0 cm³/mol. The molecule has 0 radical (unpaired) electrons. The monoisotopic (exact) mass is 275 g/mol. The van der Waals surface area contributed by atoms with Crippen LogP contribution in [0.2, 0.25) is 0 Å². The lowest BCUT2D eigenvalue weighted by atomic mass is 9.87. The van der Waals surface area contributed by atoms with E-state index in [1.807, 2.05) is 12.1 Å². The van der Waals surface area contributed by atoms with Gasteiger partial charge in [0.1, 0.15) is 5.75 Å². The Balaban J connectivity index is 1.64. The first-order valence-corrected chi connectivity index (χ1v) is 7.37. The minimum Gasteiger partial charge on any atom is -0.493 e. The van der Waals surface area contributed by atoms with E-state index >= 15 is 0 Å². The number of carbonyl (C=O) groups is 1. The summed E-state index contributed by atoms with van der Waals surface area (Å²) in [5.74, 6) is 0.837. The Kier molecular flexibility index (Phi) is 3.66. The van der Waals surface area contributed by atoms with Crippen molar-refractivity contribution in [1.82, 2.24) is 5.32 Å². The van der Waals surface area contributed by atoms with Crippen molar-refractivity contribution in [3.05, 3.63) is 29.3 Å². The van der Waals surface area contributed by atoms with Gasteiger partial charge < -0.3 is 15.2 Å². The van der Waals surface area contributed by atoms with E-state index in [0.717, 1.165) is 43.4 Å². The topological polar surface area (TPSA) is 58.6 Å². The summed E-state index contributed by atoms with van der Waals surface area (Å²) in [5.41, 5.74) is 1.69. The maximum Gasteiger partial charge on any atom is 0.251 e. The summed E-state index contributed by atoms with van der Waals surface area (Å²) in [5, 5.41) is 12.5. The van der Waals surface area contributed by atoms with E-state index in [0.29, 0.717) is 18.7 Å². The smallest absolute Gasteiger partial charge is 0.251 e. The van der Waals surface area contributed by atoms with Crippen LogP contribution in [0.15, 0.2) is 18.2 Å². The molecule has 4 heteroatoms. The molecule has 4 nitrogen and oxygen atoms in total. The Labute approximate surface area is 119 Å². The van der Waals surface area contributed by atoms with Gasteiger partial charge in [-0.3, -0.25) is 4.79 Å². The lowest BCUT2D eigenvalue weighted by molar-refractivity contribution is 0.0880. The van der Waals surface area contributed by atoms with Crippen molar-refractivity contribution >= 4 is 5.91 Å². The number of fused-ring (bicyclic) bond motifs is 1. The number of ether oxygens (including phenoxy) is 1. The molecular formula is C16H21NO3. The fraction of sp³-hybridized carbons (Fsp3) is 0.562. The van der Waals surface area contributed by atoms with Crippen LogP contribution >= 0.6 is 0 Å². The van der Waals surface area contributed by atoms with E-state index in [1.54, 1.807) is 6.07 Å². The number of hydrogen-bond acceptors (Lipinski definition) is 3. The van der Waals surface area contributed by atoms with Crippen molar-refractivity contribution in [2.45, 2.75) is 32.1 Å². The first kappa shape index (κ1) is 13.4. The Hall–Kier alpha value is -1.55. The van der Waals surface area contributed by atoms with E-state index in [2.05, 4.69) is 5.32 Å². The summed E-state index contributed by atoms with van der Waals surface area (Å²) in [7, 11) is 0. The van der Waals surface area contributed by atoms with Gasteiger partial charge in [-0.2, -0.15) is 0 Å². The highest BCUT2D eigenvalue weighted by atomic mass is 16.5. The molecule has 2 N–H and O–H groups in total. The van der Waals surface area contributed by atoms with Gasteiger partial charge in [0.05, 0.1) is 13.2 Å². The van der Waals surface area contributed by atoms with Crippen LogP contribution in [0.25, 0.3) is 0 Å². The number of benzene rings is 1. The average Bonchev–Trinajstić information content (AvgIpc) is 3.13. The largest absolute Gasteiger partial charge is 0.493 e. The number of hydrogen-bond donors (Lipinski definition) is 2. The third kappa shape index (κ3) is 2.52. The second kappa shape index (κ2) is 5.44. The van der Waals surface area contributed by atoms with Gasteiger partial charge >= 0.3 is 0 Å². The van der Waals surface area contributed by atoms with Crippen LogP contribution in [0.4, 0.5) is 0 Å². The van der Waals surface area contributed by atoms with Crippen LogP contribution in [0.3, 0.4) is 0 Å². The Morgan fingerprint density at radius 3 is 2.90 bits per heavy atom. The molecule has 2 aliphatic rings. The second-order valence-electron chi connectivity index (χ2n) is 5.97. The van der Waals surface area contributed by atoms with E-state index < -0.39 is 0 Å². The van der Waals surface area contributed by atoms with E-state index in [9.17, 15) is 9.90 Å². The summed E-state index contributed by atoms with van der Waals surface area (Å²) in [6.07, 6.45) is 5.17. The van der Waals surface area contributed by atoms with Crippen LogP contribution < -0.4 is 10.1 Å². The maximum atomic E-state index is 12.2. The van der Waals surface area contributed by atoms with Crippen LogP contribution in [-0.2, 0) is 6.42 Å². The van der Waals surface area contributed by atoms with Gasteiger partial charge in [0.25, 0.3) is 5.91 Å². The highest BCUT2D eigenvalue weighted by Crippen LogP contribution is 2.37. The second-order valence-corrected chi connectivity index (χ2v) is 5.97. The third-order valence-electron chi connectivity index (χ3n) is 4.58. The van der Waals surface area contributed by atoms with Crippen molar-refractivity contribution < 1.29 is 14.6 Å². The van der Waals surface area contributed by atoms with E-state index in [1.165, 1.54) is 0 Å². The molecule has 1 heterocycles. The van der Waals surface area contributed by atoms with Crippen LogP contribution in [0, 0.1) is 5.41 Å². The SMILES string of the molecule is O=C(NCC1(CO)CCCC1)c1ccc2c(c1)CCO2. The number of aliphatic hydroxyl groups is 1. The molecular weight excluding hydrogens is 254 g/mol. The van der Waals surface area contributed by atoms with Gasteiger partial charge in [0.15, 0.2) is 0 Å². The number of amides is 1. The first-order valence-electron chi connectivity index (χ1n) is 7.37. The van der Waals surface area contributed by atoms with Crippen LogP contribution in [-0.4, -0.2) is 30.8 Å². The number of carbonyl (C=O) groups excluding carboxylic acids is 1. The lowest BCUT2D eigenvalue weighted by Crippen LogP contribution is -2.38. The minimum absolute atomic E-state index is 0.0561. The van der Waals surface area contributed by atoms with Gasteiger partial charge in [0, 0.05) is 23.9 Å². The first-order chi connectivity index (χ1) is 9.72. The Morgan fingerprint density at radius 2 is 2.15 bits per heavy atom. The van der Waals surface area contributed by atoms with Crippen LogP contribution in [0.1, 0.15) is 41.6 Å². The number of rotatable bonds is 4. The fourth-order valence-corrected chi connectivity index (χ4v) is 3.21. The van der Waals surface area contributed by atoms with Crippen molar-refractivity contribution in [3.8, 4) is 5.75 Å². The molecule has 0 spiro atoms. The highest BCUT2D eigenvalue weighted by Gasteiger charge is 2.33. The van der Waals surface area contributed by atoms with Crippen molar-refractivity contribution in [1.29, 1.82) is 0 Å². The molecule has 0 saturated heterocycles. The standard InChI is InChI=1S/C16H21NO3/c18-11-16(6-1-2-7-16)10-17-15(19)13-3-4-14-12(9-13)5-8-20-14/h3-4,9,18H,1-2,5-8,10-11H2,(H,17,19). The normalized spacial score (nSPS) is 19.4. The molecule has 3 rings (SSSR count). The average molecular weight is 275 g/mol. The van der Waals surface area contributed by atoms with Gasteiger partial charge in [-0.05, 0) is 36.6 Å². The van der Waals surface area contributed by atoms with Gasteiger partial charge in [-0.1, -0.05) is 12.8 Å². The molecule has 0 atom stereocenters. The molecule has 1 aromatic carbocycles. The quantitative estimate of drug-likeness (QED) is 0.882. The molecule has 108 valence electrons. The molecule has 0 bridgehead atoms. The maximum absolute atomic E-state index is 12.2. The van der Waals surface area contributed by atoms with Gasteiger partial charge in [-0.15, -0.1) is 0 Å².